The van der Waals surface area contributed by atoms with Gasteiger partial charge in [0.2, 0.25) is 0 Å². The fourth-order valence-corrected chi connectivity index (χ4v) is 11.2. The van der Waals surface area contributed by atoms with Crippen LogP contribution in [0.1, 0.15) is 71.9 Å². The van der Waals surface area contributed by atoms with Crippen LogP contribution in [0.5, 0.6) is 69.0 Å². The number of hydrogen-bond donors (Lipinski definition) is 0. The lowest BCUT2D eigenvalue weighted by molar-refractivity contribution is 0.266. The smallest absolute Gasteiger partial charge is 0.127 e. The lowest BCUT2D eigenvalue weighted by Crippen LogP contribution is -2.12. The van der Waals surface area contributed by atoms with Crippen LogP contribution in [-0.2, 0) is 0 Å². The number of fused-ring (bicyclic) bond motifs is 18. The summed E-state index contributed by atoms with van der Waals surface area (Å²) in [5.41, 5.74) is 14.6. The van der Waals surface area contributed by atoms with Gasteiger partial charge in [0.05, 0.1) is 82.3 Å². The topological polar surface area (TPSA) is 111 Å². The fraction of sp³-hybridized carbons (Fsp3) is 0.364. The van der Waals surface area contributed by atoms with Crippen LogP contribution in [-0.4, -0.2) is 82.3 Å². The van der Waals surface area contributed by atoms with Crippen molar-refractivity contribution in [1.29, 1.82) is 0 Å². The highest BCUT2D eigenvalue weighted by Gasteiger charge is 2.38. The molecule has 0 saturated heterocycles. The molecule has 3 heterocycles. The first kappa shape index (κ1) is 53.5. The maximum Gasteiger partial charge on any atom is 0.127 e. The molecule has 0 saturated carbocycles. The van der Waals surface area contributed by atoms with Gasteiger partial charge in [-0.1, -0.05) is 0 Å². The molecule has 0 aromatic heterocycles. The lowest BCUT2D eigenvalue weighted by atomic mass is 9.72. The van der Waals surface area contributed by atoms with Gasteiger partial charge in [-0.15, -0.1) is 0 Å². The summed E-state index contributed by atoms with van der Waals surface area (Å²) in [7, 11) is 10.2. The number of ether oxygens (including phenoxy) is 12. The molecule has 408 valence electrons. The molecule has 0 amide bonds. The maximum atomic E-state index is 7.11. The first-order chi connectivity index (χ1) is 37.9. The Morgan fingerprint density at radius 2 is 0.372 bits per heavy atom. The van der Waals surface area contributed by atoms with Crippen LogP contribution in [0, 0.1) is 41.5 Å². The predicted molar refractivity (Wildman–Crippen MR) is 307 cm³/mol. The normalized spacial score (nSPS) is 14.2. The first-order valence-corrected chi connectivity index (χ1v) is 27.1. The molecule has 12 nitrogen and oxygen atoms in total. The third kappa shape index (κ3) is 10.0. The highest BCUT2D eigenvalue weighted by atomic mass is 16.5. The van der Waals surface area contributed by atoms with Crippen molar-refractivity contribution < 1.29 is 56.8 Å². The molecule has 12 heteroatoms. The van der Waals surface area contributed by atoms with Crippen LogP contribution in [0.15, 0.2) is 72.8 Å². The Bertz CT molecular complexity index is 2810. The predicted octanol–water partition coefficient (Wildman–Crippen LogP) is 15.2. The van der Waals surface area contributed by atoms with Crippen molar-refractivity contribution in [2.24, 2.45) is 0 Å². The molecule has 10 rings (SSSR count). The molecule has 0 bridgehead atoms. The van der Waals surface area contributed by atoms with Gasteiger partial charge >= 0.3 is 0 Å². The van der Waals surface area contributed by atoms with E-state index in [0.29, 0.717) is 109 Å². The standard InChI is InChI=1S/C66H72O12/c1-37-25-55-43(31-49(37)67-7)61-62(44-32-50(68-8)38(2)26-56(44)74-20-14-13-19-73-55)64-46-34-52(70-10)40(4)28-58(46)77-23-17-18-24-78-60-30-42(6)54(72-12)36-48(60)66(64)65-47-35-53(71-11)41(5)29-59(47)76-22-16-15-21-75-57-27-39(3)51(69-9)33-45(57)63(61)65/h25-36H,13-24H2,1-12H3. The van der Waals surface area contributed by atoms with E-state index < -0.39 is 0 Å². The number of aryl methyl sites for hydroxylation is 6. The quantitative estimate of drug-likeness (QED) is 0.158. The second-order valence-corrected chi connectivity index (χ2v) is 20.4. The van der Waals surface area contributed by atoms with E-state index in [0.717, 1.165) is 139 Å². The zero-order valence-corrected chi connectivity index (χ0v) is 47.3. The minimum Gasteiger partial charge on any atom is -0.496 e. The van der Waals surface area contributed by atoms with E-state index in [2.05, 4.69) is 72.8 Å². The molecule has 0 spiro atoms. The molecule has 0 radical (unpaired) electrons. The van der Waals surface area contributed by atoms with Crippen molar-refractivity contribution in [3.05, 3.63) is 106 Å². The van der Waals surface area contributed by atoms with Crippen molar-refractivity contribution in [2.45, 2.75) is 80.1 Å². The second-order valence-electron chi connectivity index (χ2n) is 20.4. The van der Waals surface area contributed by atoms with Crippen LogP contribution in [0.3, 0.4) is 0 Å². The number of benzene rings is 7. The van der Waals surface area contributed by atoms with Crippen LogP contribution in [0.25, 0.3) is 66.8 Å². The highest BCUT2D eigenvalue weighted by Crippen LogP contribution is 2.64. The third-order valence-corrected chi connectivity index (χ3v) is 15.3. The Balaban J connectivity index is 1.66. The van der Waals surface area contributed by atoms with Gasteiger partial charge in [0, 0.05) is 66.8 Å². The molecule has 0 unspecified atom stereocenters. The zero-order valence-electron chi connectivity index (χ0n) is 47.3. The average Bonchev–Trinajstić information content (AvgIpc) is 3.45. The summed E-state index contributed by atoms with van der Waals surface area (Å²) >= 11 is 0. The highest BCUT2D eigenvalue weighted by molar-refractivity contribution is 6.18. The largest absolute Gasteiger partial charge is 0.496 e. The van der Waals surface area contributed by atoms with Gasteiger partial charge in [-0.05, 0) is 186 Å². The maximum absolute atomic E-state index is 7.11. The van der Waals surface area contributed by atoms with Gasteiger partial charge in [-0.3, -0.25) is 0 Å². The molecule has 3 aliphatic rings. The minimum atomic E-state index is 0.427. The summed E-state index contributed by atoms with van der Waals surface area (Å²) in [4.78, 5) is 0. The molecule has 0 atom stereocenters. The summed E-state index contributed by atoms with van der Waals surface area (Å²) < 4.78 is 80.7. The molecule has 0 fully saturated rings. The average molecular weight is 1060 g/mol. The SMILES string of the molecule is COc1cc2c(cc1C)OCCCCOc1cc(C)c(OC)cc1-c1c-2c2c(c3c1-c1cc(OC)c(C)cc1OCCCCOc1cc(C)c(OC)cc1-3)-c1cc(OC)c(C)cc1OCCCCOc1cc(C)c(OC)cc1-2. The van der Waals surface area contributed by atoms with Gasteiger partial charge in [0.1, 0.15) is 69.0 Å². The Hall–Kier alpha value is -7.86. The Morgan fingerprint density at radius 3 is 0.500 bits per heavy atom. The summed E-state index contributed by atoms with van der Waals surface area (Å²) in [6, 6.07) is 25.2. The molecule has 0 N–H and O–H groups in total. The monoisotopic (exact) mass is 1060 g/mol. The zero-order chi connectivity index (χ0) is 54.8. The molecule has 3 aliphatic heterocycles. The van der Waals surface area contributed by atoms with Crippen molar-refractivity contribution in [3.63, 3.8) is 0 Å². The van der Waals surface area contributed by atoms with Crippen LogP contribution in [0.4, 0.5) is 0 Å². The van der Waals surface area contributed by atoms with Crippen molar-refractivity contribution >= 4 is 0 Å². The van der Waals surface area contributed by atoms with E-state index in [1.165, 1.54) is 0 Å². The number of hydrogen-bond acceptors (Lipinski definition) is 12. The minimum absolute atomic E-state index is 0.427. The molecule has 78 heavy (non-hydrogen) atoms. The molecular formula is C66H72O12. The molecular weight excluding hydrogens is 985 g/mol. The van der Waals surface area contributed by atoms with E-state index in [-0.39, 0.29) is 0 Å². The Labute approximate surface area is 459 Å². The molecule has 0 aliphatic carbocycles. The van der Waals surface area contributed by atoms with Gasteiger partial charge in [-0.25, -0.2) is 0 Å². The summed E-state index contributed by atoms with van der Waals surface area (Å²) in [6.07, 6.45) is 4.43. The third-order valence-electron chi connectivity index (χ3n) is 15.3. The summed E-state index contributed by atoms with van der Waals surface area (Å²) in [6.45, 7) is 14.9. The van der Waals surface area contributed by atoms with E-state index in [1.807, 2.05) is 41.5 Å². The molecule has 7 aromatic rings. The summed E-state index contributed by atoms with van der Waals surface area (Å²) in [5.74, 6) is 7.99. The van der Waals surface area contributed by atoms with Gasteiger partial charge in [-0.2, -0.15) is 0 Å². The van der Waals surface area contributed by atoms with Crippen LogP contribution < -0.4 is 56.8 Å². The van der Waals surface area contributed by atoms with Gasteiger partial charge < -0.3 is 56.8 Å². The number of methoxy groups -OCH3 is 6. The summed E-state index contributed by atoms with van der Waals surface area (Å²) in [5, 5.41) is 0. The van der Waals surface area contributed by atoms with Gasteiger partial charge in [0.25, 0.3) is 0 Å². The molecule has 7 aromatic carbocycles. The van der Waals surface area contributed by atoms with E-state index >= 15 is 0 Å². The fourth-order valence-electron chi connectivity index (χ4n) is 11.2. The van der Waals surface area contributed by atoms with Crippen molar-refractivity contribution in [1.82, 2.24) is 0 Å². The lowest BCUT2D eigenvalue weighted by Gasteiger charge is -2.33. The first-order valence-electron chi connectivity index (χ1n) is 27.1. The van der Waals surface area contributed by atoms with Gasteiger partial charge in [0.15, 0.2) is 0 Å². The number of rotatable bonds is 6. The Kier molecular flexibility index (Phi) is 15.8. The second kappa shape index (κ2) is 23.0. The van der Waals surface area contributed by atoms with Crippen LogP contribution in [0.2, 0.25) is 0 Å². The van der Waals surface area contributed by atoms with E-state index in [4.69, 9.17) is 56.8 Å². The Morgan fingerprint density at radius 1 is 0.231 bits per heavy atom. The van der Waals surface area contributed by atoms with Crippen molar-refractivity contribution in [2.75, 3.05) is 82.3 Å². The van der Waals surface area contributed by atoms with E-state index in [1.54, 1.807) is 42.7 Å². The van der Waals surface area contributed by atoms with E-state index in [9.17, 15) is 0 Å². The van der Waals surface area contributed by atoms with Crippen LogP contribution >= 0.6 is 0 Å². The van der Waals surface area contributed by atoms with Crippen molar-refractivity contribution in [3.8, 4) is 136 Å².